The monoisotopic (exact) mass is 444 g/mol. The molecule has 1 amide bonds. The Labute approximate surface area is 180 Å². The maximum absolute atomic E-state index is 13.1. The molecule has 4 rings (SSSR count). The molecule has 166 valence electrons. The second-order valence-corrected chi connectivity index (χ2v) is 7.72. The highest BCUT2D eigenvalue weighted by atomic mass is 19.4. The van der Waals surface area contributed by atoms with Gasteiger partial charge in [0, 0.05) is 6.04 Å². The Morgan fingerprint density at radius 2 is 1.81 bits per heavy atom. The van der Waals surface area contributed by atoms with Crippen molar-refractivity contribution < 1.29 is 18.0 Å². The van der Waals surface area contributed by atoms with E-state index >= 15 is 0 Å². The first kappa shape index (κ1) is 21.5. The van der Waals surface area contributed by atoms with Gasteiger partial charge < -0.3 is 5.32 Å². The van der Waals surface area contributed by atoms with Crippen LogP contribution in [-0.2, 0) is 12.7 Å². The number of alkyl halides is 3. The summed E-state index contributed by atoms with van der Waals surface area (Å²) in [6, 6.07) is 10.9. The summed E-state index contributed by atoms with van der Waals surface area (Å²) in [4.78, 5) is 38.7. The van der Waals surface area contributed by atoms with E-state index in [1.807, 2.05) is 13.0 Å². The molecule has 1 saturated carbocycles. The Kier molecular flexibility index (Phi) is 5.45. The fraction of sp³-hybridized carbons (Fsp3) is 0.273. The SMILES string of the molecule is Cc1cccc(-n2nc(C(=O)NC3CC3)c(=O)n(Cc3ccc(C(F)(F)F)cc3)c2=O)c1. The van der Waals surface area contributed by atoms with Crippen molar-refractivity contribution in [2.45, 2.75) is 38.5 Å². The predicted molar refractivity (Wildman–Crippen MR) is 110 cm³/mol. The molecule has 1 aliphatic carbocycles. The minimum atomic E-state index is -4.50. The number of halogens is 3. The third-order valence-corrected chi connectivity index (χ3v) is 5.06. The predicted octanol–water partition coefficient (Wildman–Crippen LogP) is 2.66. The number of aromatic nitrogens is 3. The van der Waals surface area contributed by atoms with Crippen LogP contribution in [0.15, 0.2) is 58.1 Å². The summed E-state index contributed by atoms with van der Waals surface area (Å²) < 4.78 is 40.3. The molecule has 0 atom stereocenters. The molecule has 1 N–H and O–H groups in total. The molecule has 0 unspecified atom stereocenters. The molecule has 1 heterocycles. The summed E-state index contributed by atoms with van der Waals surface area (Å²) >= 11 is 0. The third-order valence-electron chi connectivity index (χ3n) is 5.06. The van der Waals surface area contributed by atoms with Crippen LogP contribution in [0.25, 0.3) is 5.69 Å². The van der Waals surface area contributed by atoms with E-state index in [0.29, 0.717) is 11.3 Å². The number of carbonyl (C=O) groups excluding carboxylic acids is 1. The second-order valence-electron chi connectivity index (χ2n) is 7.72. The Balaban J connectivity index is 1.81. The van der Waals surface area contributed by atoms with Gasteiger partial charge in [-0.2, -0.15) is 23.0 Å². The van der Waals surface area contributed by atoms with Crippen molar-refractivity contribution in [1.29, 1.82) is 0 Å². The molecule has 0 spiro atoms. The molecule has 1 aromatic heterocycles. The van der Waals surface area contributed by atoms with Gasteiger partial charge in [0.05, 0.1) is 17.8 Å². The fourth-order valence-corrected chi connectivity index (χ4v) is 3.19. The molecule has 32 heavy (non-hydrogen) atoms. The number of hydrogen-bond donors (Lipinski definition) is 1. The molecule has 1 aliphatic rings. The molecule has 1 fully saturated rings. The number of nitrogens with zero attached hydrogens (tertiary/aromatic N) is 3. The molecule has 2 aromatic carbocycles. The van der Waals surface area contributed by atoms with E-state index in [-0.39, 0.29) is 12.6 Å². The van der Waals surface area contributed by atoms with Crippen LogP contribution in [0.4, 0.5) is 13.2 Å². The van der Waals surface area contributed by atoms with E-state index in [1.54, 1.807) is 18.2 Å². The lowest BCUT2D eigenvalue weighted by atomic mass is 10.1. The summed E-state index contributed by atoms with van der Waals surface area (Å²) in [5.74, 6) is -0.694. The molecule has 3 aromatic rings. The summed E-state index contributed by atoms with van der Waals surface area (Å²) in [6.45, 7) is 1.50. The number of amides is 1. The normalized spacial score (nSPS) is 13.8. The lowest BCUT2D eigenvalue weighted by Crippen LogP contribution is -2.46. The van der Waals surface area contributed by atoms with Crippen LogP contribution in [0.2, 0.25) is 0 Å². The molecule has 7 nitrogen and oxygen atoms in total. The summed E-state index contributed by atoms with van der Waals surface area (Å²) in [7, 11) is 0. The van der Waals surface area contributed by atoms with Gasteiger partial charge in [-0.15, -0.1) is 0 Å². The number of hydrogen-bond acceptors (Lipinski definition) is 4. The smallest absolute Gasteiger partial charge is 0.348 e. The molecule has 0 aliphatic heterocycles. The van der Waals surface area contributed by atoms with E-state index in [9.17, 15) is 27.6 Å². The average Bonchev–Trinajstić information content (AvgIpc) is 3.55. The van der Waals surface area contributed by atoms with Crippen molar-refractivity contribution in [2.24, 2.45) is 0 Å². The number of nitrogens with one attached hydrogen (secondary N) is 1. The van der Waals surface area contributed by atoms with E-state index in [4.69, 9.17) is 0 Å². The van der Waals surface area contributed by atoms with Crippen LogP contribution < -0.4 is 16.6 Å². The van der Waals surface area contributed by atoms with Gasteiger partial charge in [-0.1, -0.05) is 24.3 Å². The lowest BCUT2D eigenvalue weighted by Gasteiger charge is -2.13. The molecule has 0 radical (unpaired) electrons. The zero-order valence-corrected chi connectivity index (χ0v) is 17.0. The van der Waals surface area contributed by atoms with Gasteiger partial charge in [0.2, 0.25) is 5.69 Å². The van der Waals surface area contributed by atoms with Crippen molar-refractivity contribution in [3.05, 3.63) is 91.8 Å². The maximum atomic E-state index is 13.1. The topological polar surface area (TPSA) is 86.0 Å². The van der Waals surface area contributed by atoms with Gasteiger partial charge in [-0.05, 0) is 55.2 Å². The fourth-order valence-electron chi connectivity index (χ4n) is 3.19. The third kappa shape index (κ3) is 4.48. The average molecular weight is 444 g/mol. The molecule has 0 saturated heterocycles. The van der Waals surface area contributed by atoms with Gasteiger partial charge in [0.15, 0.2) is 0 Å². The minimum Gasteiger partial charge on any atom is -0.348 e. The summed E-state index contributed by atoms with van der Waals surface area (Å²) in [6.07, 6.45) is -2.91. The zero-order chi connectivity index (χ0) is 23.0. The molecular formula is C22H19F3N4O3. The number of benzene rings is 2. The highest BCUT2D eigenvalue weighted by molar-refractivity contribution is 5.92. The van der Waals surface area contributed by atoms with E-state index in [1.165, 1.54) is 12.1 Å². The van der Waals surface area contributed by atoms with Gasteiger partial charge in [0.1, 0.15) is 0 Å². The minimum absolute atomic E-state index is 0.0357. The Morgan fingerprint density at radius 3 is 2.41 bits per heavy atom. The van der Waals surface area contributed by atoms with Crippen LogP contribution in [-0.4, -0.2) is 26.3 Å². The number of aryl methyl sites for hydroxylation is 1. The highest BCUT2D eigenvalue weighted by Crippen LogP contribution is 2.29. The van der Waals surface area contributed by atoms with Crippen LogP contribution >= 0.6 is 0 Å². The number of carbonyl (C=O) groups is 1. The number of rotatable bonds is 5. The van der Waals surface area contributed by atoms with Gasteiger partial charge in [0.25, 0.3) is 11.5 Å². The van der Waals surface area contributed by atoms with Crippen LogP contribution in [0.3, 0.4) is 0 Å². The van der Waals surface area contributed by atoms with Crippen molar-refractivity contribution in [3.8, 4) is 5.69 Å². The molecular weight excluding hydrogens is 425 g/mol. The van der Waals surface area contributed by atoms with Crippen molar-refractivity contribution in [1.82, 2.24) is 19.7 Å². The first-order valence-electron chi connectivity index (χ1n) is 9.92. The zero-order valence-electron chi connectivity index (χ0n) is 17.0. The van der Waals surface area contributed by atoms with E-state index in [0.717, 1.165) is 39.8 Å². The van der Waals surface area contributed by atoms with E-state index in [2.05, 4.69) is 10.4 Å². The van der Waals surface area contributed by atoms with Crippen molar-refractivity contribution >= 4 is 5.91 Å². The standard InChI is InChI=1S/C22H19F3N4O3/c1-13-3-2-4-17(11-13)29-21(32)28(12-14-5-7-15(8-6-14)22(23,24)25)20(31)18(27-29)19(30)26-16-9-10-16/h2-8,11,16H,9-10,12H2,1H3,(H,26,30). The van der Waals surface area contributed by atoms with E-state index < -0.39 is 34.6 Å². The lowest BCUT2D eigenvalue weighted by molar-refractivity contribution is -0.137. The quantitative estimate of drug-likeness (QED) is 0.656. The van der Waals surface area contributed by atoms with Crippen LogP contribution in [0.1, 0.15) is 40.0 Å². The Morgan fingerprint density at radius 1 is 1.12 bits per heavy atom. The molecule has 10 heteroatoms. The van der Waals surface area contributed by atoms with Gasteiger partial charge in [-0.3, -0.25) is 14.2 Å². The largest absolute Gasteiger partial charge is 0.416 e. The highest BCUT2D eigenvalue weighted by Gasteiger charge is 2.30. The maximum Gasteiger partial charge on any atom is 0.416 e. The summed E-state index contributed by atoms with van der Waals surface area (Å²) in [5.41, 5.74) is -1.51. The van der Waals surface area contributed by atoms with Gasteiger partial charge in [-0.25, -0.2) is 4.79 Å². The van der Waals surface area contributed by atoms with Crippen molar-refractivity contribution in [3.63, 3.8) is 0 Å². The first-order chi connectivity index (χ1) is 15.1. The Hall–Kier alpha value is -3.69. The van der Waals surface area contributed by atoms with Crippen LogP contribution in [0, 0.1) is 6.92 Å². The first-order valence-corrected chi connectivity index (χ1v) is 9.92. The molecule has 0 bridgehead atoms. The summed E-state index contributed by atoms with van der Waals surface area (Å²) in [5, 5.41) is 6.70. The van der Waals surface area contributed by atoms with Crippen molar-refractivity contribution in [2.75, 3.05) is 0 Å². The second kappa shape index (κ2) is 8.10. The van der Waals surface area contributed by atoms with Crippen LogP contribution in [0.5, 0.6) is 0 Å². The Bertz CT molecular complexity index is 1290. The van der Waals surface area contributed by atoms with Gasteiger partial charge >= 0.3 is 11.9 Å².